The Hall–Kier alpha value is -3.21. The summed E-state index contributed by atoms with van der Waals surface area (Å²) in [6.45, 7) is 5.21. The minimum absolute atomic E-state index is 0.131. The van der Waals surface area contributed by atoms with Crippen molar-refractivity contribution in [3.05, 3.63) is 82.8 Å². The minimum atomic E-state index is -0.131. The predicted molar refractivity (Wildman–Crippen MR) is 113 cm³/mol. The summed E-state index contributed by atoms with van der Waals surface area (Å²) in [5.41, 5.74) is 5.20. The van der Waals surface area contributed by atoms with Crippen molar-refractivity contribution in [1.82, 2.24) is 5.32 Å². The Morgan fingerprint density at radius 3 is 2.90 bits per heavy atom. The van der Waals surface area contributed by atoms with Crippen LogP contribution < -0.4 is 15.0 Å². The van der Waals surface area contributed by atoms with E-state index in [1.54, 1.807) is 19.4 Å². The third-order valence-electron chi connectivity index (χ3n) is 5.58. The lowest BCUT2D eigenvalue weighted by Gasteiger charge is -2.24. The van der Waals surface area contributed by atoms with Crippen molar-refractivity contribution < 1.29 is 13.9 Å². The number of nitrogens with zero attached hydrogens (tertiary/aromatic N) is 1. The maximum Gasteiger partial charge on any atom is 0.255 e. The quantitative estimate of drug-likeness (QED) is 0.674. The fourth-order valence-corrected chi connectivity index (χ4v) is 3.94. The predicted octanol–water partition coefficient (Wildman–Crippen LogP) is 4.48. The summed E-state index contributed by atoms with van der Waals surface area (Å²) in [5.74, 6) is 1.38. The van der Waals surface area contributed by atoms with Crippen molar-refractivity contribution in [2.75, 3.05) is 12.0 Å². The van der Waals surface area contributed by atoms with Crippen LogP contribution in [0.15, 0.2) is 59.2 Å². The van der Waals surface area contributed by atoms with Crippen LogP contribution >= 0.6 is 0 Å². The third-order valence-corrected chi connectivity index (χ3v) is 5.58. The Morgan fingerprint density at radius 1 is 1.24 bits per heavy atom. The SMILES string of the molecule is COc1cc(CNC(=O)c2ccoc2CN2c3ccccc3CC2C)ccc1C. The molecular formula is C24H26N2O3. The summed E-state index contributed by atoms with van der Waals surface area (Å²) < 4.78 is 11.1. The van der Waals surface area contributed by atoms with Crippen LogP contribution in [0.1, 0.15) is 39.7 Å². The van der Waals surface area contributed by atoms with Crippen molar-refractivity contribution in [3.8, 4) is 5.75 Å². The van der Waals surface area contributed by atoms with E-state index in [9.17, 15) is 4.79 Å². The van der Waals surface area contributed by atoms with Gasteiger partial charge in [0.05, 0.1) is 25.5 Å². The normalized spacial score (nSPS) is 15.3. The standard InChI is InChI=1S/C24H26N2O3/c1-16-8-9-18(13-22(16)28-3)14-25-24(27)20-10-11-29-23(20)15-26-17(2)12-19-6-4-5-7-21(19)26/h4-11,13,17H,12,14-15H2,1-3H3,(H,25,27). The van der Waals surface area contributed by atoms with Crippen molar-refractivity contribution >= 4 is 11.6 Å². The molecule has 2 heterocycles. The number of methoxy groups -OCH3 is 1. The first-order chi connectivity index (χ1) is 14.1. The molecule has 1 unspecified atom stereocenters. The molecule has 2 aromatic carbocycles. The molecule has 5 nitrogen and oxygen atoms in total. The molecule has 0 spiro atoms. The van der Waals surface area contributed by atoms with Gasteiger partial charge in [0.15, 0.2) is 0 Å². The highest BCUT2D eigenvalue weighted by Gasteiger charge is 2.27. The van der Waals surface area contributed by atoms with Crippen molar-refractivity contribution in [2.24, 2.45) is 0 Å². The Morgan fingerprint density at radius 2 is 2.07 bits per heavy atom. The highest BCUT2D eigenvalue weighted by molar-refractivity contribution is 5.95. The van der Waals surface area contributed by atoms with E-state index in [0.717, 1.165) is 23.3 Å². The lowest BCUT2D eigenvalue weighted by molar-refractivity contribution is 0.0949. The van der Waals surface area contributed by atoms with E-state index in [1.165, 1.54) is 11.3 Å². The number of hydrogen-bond acceptors (Lipinski definition) is 4. The molecule has 0 fully saturated rings. The maximum atomic E-state index is 12.8. The molecule has 0 saturated carbocycles. The number of rotatable bonds is 6. The number of amides is 1. The molecule has 29 heavy (non-hydrogen) atoms. The summed E-state index contributed by atoms with van der Waals surface area (Å²) in [6.07, 6.45) is 2.60. The Labute approximate surface area is 171 Å². The van der Waals surface area contributed by atoms with Gasteiger partial charge in [-0.05, 0) is 55.2 Å². The number of benzene rings is 2. The molecule has 0 radical (unpaired) electrons. The van der Waals surface area contributed by atoms with Crippen LogP contribution in [-0.4, -0.2) is 19.1 Å². The van der Waals surface area contributed by atoms with Crippen LogP contribution in [0.4, 0.5) is 5.69 Å². The molecule has 1 aromatic heterocycles. The van der Waals surface area contributed by atoms with Crippen LogP contribution in [0.3, 0.4) is 0 Å². The average Bonchev–Trinajstić information content (AvgIpc) is 3.32. The summed E-state index contributed by atoms with van der Waals surface area (Å²) in [4.78, 5) is 15.1. The first kappa shape index (κ1) is 19.1. The number of fused-ring (bicyclic) bond motifs is 1. The molecule has 0 saturated heterocycles. The number of nitrogens with one attached hydrogen (secondary N) is 1. The topological polar surface area (TPSA) is 54.7 Å². The Bertz CT molecular complexity index is 1020. The van der Waals surface area contributed by atoms with Gasteiger partial charge in [-0.3, -0.25) is 4.79 Å². The van der Waals surface area contributed by atoms with Gasteiger partial charge >= 0.3 is 0 Å². The molecule has 150 valence electrons. The molecular weight excluding hydrogens is 364 g/mol. The second-order valence-corrected chi connectivity index (χ2v) is 7.55. The van der Waals surface area contributed by atoms with Gasteiger partial charge in [-0.1, -0.05) is 30.3 Å². The van der Waals surface area contributed by atoms with Gasteiger partial charge in [-0.15, -0.1) is 0 Å². The van der Waals surface area contributed by atoms with Crippen LogP contribution in [0, 0.1) is 6.92 Å². The van der Waals surface area contributed by atoms with Gasteiger partial charge < -0.3 is 19.4 Å². The van der Waals surface area contributed by atoms with E-state index in [-0.39, 0.29) is 5.91 Å². The molecule has 1 aliphatic rings. The zero-order valence-electron chi connectivity index (χ0n) is 17.1. The van der Waals surface area contributed by atoms with Crippen molar-refractivity contribution in [1.29, 1.82) is 0 Å². The summed E-state index contributed by atoms with van der Waals surface area (Å²) in [6, 6.07) is 16.5. The number of aryl methyl sites for hydroxylation is 1. The smallest absolute Gasteiger partial charge is 0.255 e. The first-order valence-electron chi connectivity index (χ1n) is 9.89. The molecule has 1 amide bonds. The zero-order valence-corrected chi connectivity index (χ0v) is 17.1. The fourth-order valence-electron chi connectivity index (χ4n) is 3.94. The number of para-hydroxylation sites is 1. The highest BCUT2D eigenvalue weighted by Crippen LogP contribution is 2.33. The van der Waals surface area contributed by atoms with Gasteiger partial charge in [0, 0.05) is 18.3 Å². The lowest BCUT2D eigenvalue weighted by atomic mass is 10.1. The van der Waals surface area contributed by atoms with Gasteiger partial charge in [0.2, 0.25) is 0 Å². The molecule has 5 heteroatoms. The van der Waals surface area contributed by atoms with Crippen molar-refractivity contribution in [2.45, 2.75) is 39.4 Å². The summed E-state index contributed by atoms with van der Waals surface area (Å²) in [7, 11) is 1.65. The van der Waals surface area contributed by atoms with Crippen LogP contribution in [0.25, 0.3) is 0 Å². The van der Waals surface area contributed by atoms with E-state index in [4.69, 9.17) is 9.15 Å². The second-order valence-electron chi connectivity index (χ2n) is 7.55. The van der Waals surface area contributed by atoms with E-state index < -0.39 is 0 Å². The van der Waals surface area contributed by atoms with Crippen LogP contribution in [0.5, 0.6) is 5.75 Å². The fraction of sp³-hybridized carbons (Fsp3) is 0.292. The molecule has 1 aliphatic heterocycles. The Kier molecular flexibility index (Phi) is 5.30. The summed E-state index contributed by atoms with van der Waals surface area (Å²) >= 11 is 0. The molecule has 0 bridgehead atoms. The highest BCUT2D eigenvalue weighted by atomic mass is 16.5. The van der Waals surface area contributed by atoms with Gasteiger partial charge in [-0.2, -0.15) is 0 Å². The number of furan rings is 1. The van der Waals surface area contributed by atoms with Gasteiger partial charge in [0.25, 0.3) is 5.91 Å². The minimum Gasteiger partial charge on any atom is -0.496 e. The van der Waals surface area contributed by atoms with Gasteiger partial charge in [0.1, 0.15) is 11.5 Å². The van der Waals surface area contributed by atoms with E-state index in [2.05, 4.69) is 41.4 Å². The largest absolute Gasteiger partial charge is 0.496 e. The lowest BCUT2D eigenvalue weighted by Crippen LogP contribution is -2.30. The van der Waals surface area contributed by atoms with E-state index in [1.807, 2.05) is 25.1 Å². The Balaban J connectivity index is 1.46. The van der Waals surface area contributed by atoms with Crippen LogP contribution in [0.2, 0.25) is 0 Å². The van der Waals surface area contributed by atoms with Crippen LogP contribution in [-0.2, 0) is 19.5 Å². The average molecular weight is 390 g/mol. The second kappa shape index (κ2) is 8.03. The number of hydrogen-bond donors (Lipinski definition) is 1. The zero-order chi connectivity index (χ0) is 20.4. The van der Waals surface area contributed by atoms with E-state index >= 15 is 0 Å². The molecule has 3 aromatic rings. The monoisotopic (exact) mass is 390 g/mol. The molecule has 1 N–H and O–H groups in total. The number of carbonyl (C=O) groups is 1. The maximum absolute atomic E-state index is 12.8. The van der Waals surface area contributed by atoms with E-state index in [0.29, 0.717) is 30.5 Å². The number of anilines is 1. The molecule has 4 rings (SSSR count). The summed E-state index contributed by atoms with van der Waals surface area (Å²) in [5, 5.41) is 2.99. The molecule has 1 atom stereocenters. The molecule has 0 aliphatic carbocycles. The van der Waals surface area contributed by atoms with Gasteiger partial charge in [-0.25, -0.2) is 0 Å². The van der Waals surface area contributed by atoms with Crippen molar-refractivity contribution in [3.63, 3.8) is 0 Å². The number of ether oxygens (including phenoxy) is 1. The first-order valence-corrected chi connectivity index (χ1v) is 9.89. The third kappa shape index (κ3) is 3.86. The number of carbonyl (C=O) groups excluding carboxylic acids is 1.